The largest absolute Gasteiger partial charge is 0.441 e. The minimum atomic E-state index is -0.550. The summed E-state index contributed by atoms with van der Waals surface area (Å²) in [6, 6.07) is 1.97. The summed E-state index contributed by atoms with van der Waals surface area (Å²) >= 11 is 2.22. The molecule has 1 unspecified atom stereocenters. The first kappa shape index (κ1) is 10.6. The van der Waals surface area contributed by atoms with Crippen LogP contribution in [0, 0.1) is 3.57 Å². The molecule has 0 bridgehead atoms. The van der Waals surface area contributed by atoms with E-state index in [0.717, 1.165) is 9.99 Å². The van der Waals surface area contributed by atoms with Gasteiger partial charge in [0.2, 0.25) is 0 Å². The number of rotatable bonds is 4. The average Bonchev–Trinajstić information content (AvgIpc) is 2.52. The zero-order valence-corrected chi connectivity index (χ0v) is 9.82. The average molecular weight is 293 g/mol. The number of carbonyl (C=O) groups is 1. The quantitative estimate of drug-likeness (QED) is 0.630. The number of hydrogen-bond acceptors (Lipinski definition) is 2. The lowest BCUT2D eigenvalue weighted by atomic mass is 10.2. The topological polar surface area (TPSA) is 31.2 Å². The van der Waals surface area contributed by atoms with E-state index in [-0.39, 0.29) is 0 Å². The zero-order valence-electron chi connectivity index (χ0n) is 7.66. The normalized spacial score (nSPS) is 15.0. The lowest BCUT2D eigenvalue weighted by Crippen LogP contribution is -2.31. The van der Waals surface area contributed by atoms with Gasteiger partial charge in [0.15, 0.2) is 5.72 Å². The monoisotopic (exact) mass is 293 g/mol. The Labute approximate surface area is 91.2 Å². The lowest BCUT2D eigenvalue weighted by Gasteiger charge is -2.27. The molecule has 1 aromatic rings. The molecule has 1 atom stereocenters. The Morgan fingerprint density at radius 1 is 1.77 bits per heavy atom. The molecule has 0 radical (unpaired) electrons. The van der Waals surface area contributed by atoms with Crippen molar-refractivity contribution in [1.29, 1.82) is 0 Å². The zero-order chi connectivity index (χ0) is 9.90. The van der Waals surface area contributed by atoms with Gasteiger partial charge in [0.25, 0.3) is 6.47 Å². The maximum absolute atomic E-state index is 10.3. The molecule has 1 rings (SSSR count). The highest BCUT2D eigenvalue weighted by Crippen LogP contribution is 2.22. The smallest absolute Gasteiger partial charge is 0.295 e. The molecule has 0 aliphatic carbocycles. The summed E-state index contributed by atoms with van der Waals surface area (Å²) in [5, 5.41) is 0. The number of halogens is 1. The minimum absolute atomic E-state index is 0.496. The van der Waals surface area contributed by atoms with E-state index in [1.807, 2.05) is 36.9 Å². The molecular weight excluding hydrogens is 281 g/mol. The summed E-state index contributed by atoms with van der Waals surface area (Å²) in [7, 11) is 0. The van der Waals surface area contributed by atoms with Gasteiger partial charge in [0, 0.05) is 22.4 Å². The van der Waals surface area contributed by atoms with Gasteiger partial charge in [0.1, 0.15) is 0 Å². The summed E-state index contributed by atoms with van der Waals surface area (Å²) in [4.78, 5) is 10.3. The van der Waals surface area contributed by atoms with Crippen molar-refractivity contribution in [2.45, 2.75) is 26.0 Å². The fourth-order valence-corrected chi connectivity index (χ4v) is 1.56. The first-order valence-corrected chi connectivity index (χ1v) is 5.15. The van der Waals surface area contributed by atoms with Crippen molar-refractivity contribution < 1.29 is 9.53 Å². The summed E-state index contributed by atoms with van der Waals surface area (Å²) in [5.41, 5.74) is -0.550. The molecule has 1 aromatic heterocycles. The first-order valence-electron chi connectivity index (χ1n) is 4.08. The van der Waals surface area contributed by atoms with Gasteiger partial charge in [-0.1, -0.05) is 6.92 Å². The summed E-state index contributed by atoms with van der Waals surface area (Å²) in [6.45, 7) is 4.37. The van der Waals surface area contributed by atoms with E-state index in [0.29, 0.717) is 6.47 Å². The molecule has 3 nitrogen and oxygen atoms in total. The maximum atomic E-state index is 10.3. The molecule has 0 N–H and O–H groups in total. The molecule has 0 saturated carbocycles. The van der Waals surface area contributed by atoms with Crippen LogP contribution in [0.5, 0.6) is 0 Å². The van der Waals surface area contributed by atoms with Gasteiger partial charge in [-0.05, 0) is 35.6 Å². The van der Waals surface area contributed by atoms with Crippen molar-refractivity contribution in [2.75, 3.05) is 0 Å². The Bertz CT molecular complexity index is 298. The second kappa shape index (κ2) is 4.13. The predicted molar refractivity (Wildman–Crippen MR) is 58.2 cm³/mol. The van der Waals surface area contributed by atoms with Crippen LogP contribution < -0.4 is 0 Å². The Morgan fingerprint density at radius 2 is 2.46 bits per heavy atom. The highest BCUT2D eigenvalue weighted by molar-refractivity contribution is 14.1. The van der Waals surface area contributed by atoms with Crippen molar-refractivity contribution in [3.8, 4) is 0 Å². The van der Waals surface area contributed by atoms with Crippen molar-refractivity contribution >= 4 is 29.1 Å². The third kappa shape index (κ3) is 2.24. The second-order valence-electron chi connectivity index (χ2n) is 2.98. The number of carbonyl (C=O) groups excluding carboxylic acids is 1. The van der Waals surface area contributed by atoms with Gasteiger partial charge in [-0.15, -0.1) is 0 Å². The van der Waals surface area contributed by atoms with Gasteiger partial charge in [-0.25, -0.2) is 0 Å². The Kier molecular flexibility index (Phi) is 3.35. The fraction of sp³-hybridized carbons (Fsp3) is 0.444. The van der Waals surface area contributed by atoms with E-state index < -0.39 is 5.72 Å². The van der Waals surface area contributed by atoms with E-state index in [1.165, 1.54) is 0 Å². The Morgan fingerprint density at radius 3 is 2.85 bits per heavy atom. The van der Waals surface area contributed by atoms with Crippen LogP contribution in [0.15, 0.2) is 18.5 Å². The first-order chi connectivity index (χ1) is 6.12. The van der Waals surface area contributed by atoms with Gasteiger partial charge in [0.05, 0.1) is 0 Å². The van der Waals surface area contributed by atoms with Crippen LogP contribution >= 0.6 is 22.6 Å². The van der Waals surface area contributed by atoms with Crippen LogP contribution in [0.3, 0.4) is 0 Å². The van der Waals surface area contributed by atoms with E-state index in [4.69, 9.17) is 4.74 Å². The van der Waals surface area contributed by atoms with Crippen molar-refractivity contribution in [2.24, 2.45) is 0 Å². The van der Waals surface area contributed by atoms with Crippen LogP contribution in [0.2, 0.25) is 0 Å². The molecule has 0 aliphatic rings. The highest BCUT2D eigenvalue weighted by Gasteiger charge is 2.24. The number of aromatic nitrogens is 1. The van der Waals surface area contributed by atoms with Crippen molar-refractivity contribution in [3.05, 3.63) is 22.0 Å². The van der Waals surface area contributed by atoms with Crippen molar-refractivity contribution in [1.82, 2.24) is 4.57 Å². The number of ether oxygens (including phenoxy) is 1. The molecule has 0 aliphatic heterocycles. The standard InChI is InChI=1S/C9H12INO2/c1-3-9(2,13-7-12)11-5-4-8(10)6-11/h4-7H,3H2,1-2H3. The van der Waals surface area contributed by atoms with Crippen LogP contribution in [0.1, 0.15) is 20.3 Å². The fourth-order valence-electron chi connectivity index (χ4n) is 1.10. The van der Waals surface area contributed by atoms with Gasteiger partial charge >= 0.3 is 0 Å². The SMILES string of the molecule is CCC(C)(OC=O)n1ccc(I)c1. The molecule has 0 amide bonds. The highest BCUT2D eigenvalue weighted by atomic mass is 127. The summed E-state index contributed by atoms with van der Waals surface area (Å²) in [5.74, 6) is 0. The van der Waals surface area contributed by atoms with Crippen molar-refractivity contribution in [3.63, 3.8) is 0 Å². The van der Waals surface area contributed by atoms with E-state index >= 15 is 0 Å². The van der Waals surface area contributed by atoms with Gasteiger partial charge in [-0.3, -0.25) is 4.79 Å². The minimum Gasteiger partial charge on any atom is -0.441 e. The van der Waals surface area contributed by atoms with E-state index in [1.54, 1.807) is 0 Å². The number of nitrogens with zero attached hydrogens (tertiary/aromatic N) is 1. The van der Waals surface area contributed by atoms with Crippen LogP contribution in [0.25, 0.3) is 0 Å². The molecule has 0 fully saturated rings. The molecule has 0 aromatic carbocycles. The second-order valence-corrected chi connectivity index (χ2v) is 4.23. The predicted octanol–water partition coefficient (Wildman–Crippen LogP) is 2.35. The molecule has 0 saturated heterocycles. The Balaban J connectivity index is 2.94. The third-order valence-electron chi connectivity index (χ3n) is 2.16. The molecule has 4 heteroatoms. The van der Waals surface area contributed by atoms with Crippen LogP contribution in [-0.4, -0.2) is 11.0 Å². The molecule has 0 spiro atoms. The summed E-state index contributed by atoms with van der Waals surface area (Å²) in [6.07, 6.45) is 4.61. The molecule has 72 valence electrons. The van der Waals surface area contributed by atoms with Crippen LogP contribution in [0.4, 0.5) is 0 Å². The third-order valence-corrected chi connectivity index (χ3v) is 2.80. The molecule has 1 heterocycles. The summed E-state index contributed by atoms with van der Waals surface area (Å²) < 4.78 is 8.09. The number of hydrogen-bond donors (Lipinski definition) is 0. The van der Waals surface area contributed by atoms with E-state index in [9.17, 15) is 4.79 Å². The van der Waals surface area contributed by atoms with E-state index in [2.05, 4.69) is 22.6 Å². The van der Waals surface area contributed by atoms with Gasteiger partial charge < -0.3 is 9.30 Å². The Hall–Kier alpha value is -0.520. The lowest BCUT2D eigenvalue weighted by molar-refractivity contribution is -0.153. The molecular formula is C9H12INO2. The maximum Gasteiger partial charge on any atom is 0.295 e. The van der Waals surface area contributed by atoms with Gasteiger partial charge in [-0.2, -0.15) is 0 Å². The van der Waals surface area contributed by atoms with Crippen LogP contribution in [-0.2, 0) is 15.3 Å². The molecule has 13 heavy (non-hydrogen) atoms.